The topological polar surface area (TPSA) is 208 Å². The molecular formula is C18H20N15P3. The van der Waals surface area contributed by atoms with Gasteiger partial charge in [-0.1, -0.05) is 0 Å². The van der Waals surface area contributed by atoms with Crippen molar-refractivity contribution < 1.29 is 0 Å². The van der Waals surface area contributed by atoms with Gasteiger partial charge in [-0.25, -0.2) is 0 Å². The van der Waals surface area contributed by atoms with Crippen molar-refractivity contribution >= 4 is 55.7 Å². The second-order valence-electron chi connectivity index (χ2n) is 8.05. The molecule has 7 heterocycles. The normalized spacial score (nSPS) is 22.1. The van der Waals surface area contributed by atoms with Crippen molar-refractivity contribution in [1.29, 1.82) is 0 Å². The summed E-state index contributed by atoms with van der Waals surface area (Å²) >= 11 is 0. The van der Waals surface area contributed by atoms with Crippen molar-refractivity contribution in [1.82, 2.24) is 69.5 Å². The fraction of sp³-hybridized carbons (Fsp3) is 0. The molecular weight excluding hydrogens is 519 g/mol. The molecule has 0 aromatic carbocycles. The predicted octanol–water partition coefficient (Wildman–Crippen LogP) is -0.718. The van der Waals surface area contributed by atoms with E-state index in [9.17, 15) is 0 Å². The molecule has 0 saturated heterocycles. The SMILES string of the molecule is c1c[nH]c(P2(c3ncc[nH]3)(c3ncc[nH]3)N=PNP(c3ncc[nH]3)(c3ncc[nH]3)(c3ncc[nH]3)N2)n1. The number of imidazole rings is 6. The van der Waals surface area contributed by atoms with Gasteiger partial charge in [0.25, 0.3) is 0 Å². The van der Waals surface area contributed by atoms with Crippen LogP contribution in [0.3, 0.4) is 0 Å². The van der Waals surface area contributed by atoms with E-state index in [4.69, 9.17) is 34.4 Å². The number of hydrogen-bond donors (Lipinski definition) is 8. The van der Waals surface area contributed by atoms with Crippen LogP contribution in [0.2, 0.25) is 0 Å². The Morgan fingerprint density at radius 1 is 0.472 bits per heavy atom. The Morgan fingerprint density at radius 3 is 1.11 bits per heavy atom. The Morgan fingerprint density at radius 2 is 0.806 bits per heavy atom. The molecule has 0 fully saturated rings. The van der Waals surface area contributed by atoms with Crippen LogP contribution < -0.4 is 43.1 Å². The molecule has 6 aromatic heterocycles. The third-order valence-corrected chi connectivity index (χ3v) is 19.7. The number of hydrogen-bond acceptors (Lipinski definition) is 9. The fourth-order valence-corrected chi connectivity index (χ4v) is 20.3. The van der Waals surface area contributed by atoms with Crippen molar-refractivity contribution in [2.24, 2.45) is 4.52 Å². The molecule has 15 nitrogen and oxygen atoms in total. The fourth-order valence-electron chi connectivity index (χ4n) is 4.78. The number of H-pyrrole nitrogens is 6. The zero-order valence-electron chi connectivity index (χ0n) is 18.4. The summed E-state index contributed by atoms with van der Waals surface area (Å²) < 4.78 is 5.30. The van der Waals surface area contributed by atoms with E-state index in [0.717, 1.165) is 0 Å². The zero-order chi connectivity index (χ0) is 24.2. The van der Waals surface area contributed by atoms with Gasteiger partial charge in [0, 0.05) is 0 Å². The summed E-state index contributed by atoms with van der Waals surface area (Å²) in [5.41, 5.74) is 3.43. The molecule has 0 radical (unpaired) electrons. The van der Waals surface area contributed by atoms with E-state index < -0.39 is 13.8 Å². The maximum atomic E-state index is 5.30. The Labute approximate surface area is 204 Å². The van der Waals surface area contributed by atoms with Crippen molar-refractivity contribution in [2.45, 2.75) is 0 Å². The minimum atomic E-state index is -4.23. The molecule has 0 bridgehead atoms. The van der Waals surface area contributed by atoms with Crippen LogP contribution in [0.5, 0.6) is 0 Å². The van der Waals surface area contributed by atoms with Gasteiger partial charge in [0.15, 0.2) is 0 Å². The van der Waals surface area contributed by atoms with Crippen LogP contribution in [-0.2, 0) is 0 Å². The molecule has 8 N–H and O–H groups in total. The summed E-state index contributed by atoms with van der Waals surface area (Å²) in [6.45, 7) is -8.37. The summed E-state index contributed by atoms with van der Waals surface area (Å²) in [7, 11) is 0.504. The molecule has 6 aromatic rings. The first-order chi connectivity index (χ1) is 17.7. The summed E-state index contributed by atoms with van der Waals surface area (Å²) in [6.07, 6.45) is 20.7. The molecule has 0 aliphatic carbocycles. The molecule has 1 aliphatic heterocycles. The van der Waals surface area contributed by atoms with Crippen LogP contribution in [0.1, 0.15) is 0 Å². The van der Waals surface area contributed by atoms with Crippen LogP contribution in [0.15, 0.2) is 78.9 Å². The minimum absolute atomic E-state index is 0.504. The molecule has 18 heteroatoms. The van der Waals surface area contributed by atoms with Crippen molar-refractivity contribution in [3.8, 4) is 0 Å². The van der Waals surface area contributed by atoms with Gasteiger partial charge in [0.05, 0.1) is 0 Å². The average Bonchev–Trinajstić information content (AvgIpc) is 3.80. The third-order valence-electron chi connectivity index (χ3n) is 6.27. The van der Waals surface area contributed by atoms with E-state index in [-0.39, 0.29) is 0 Å². The van der Waals surface area contributed by atoms with Crippen LogP contribution in [-0.4, -0.2) is 59.8 Å². The van der Waals surface area contributed by atoms with Gasteiger partial charge in [0.2, 0.25) is 0 Å². The molecule has 0 spiro atoms. The second kappa shape index (κ2) is 7.33. The molecule has 0 atom stereocenters. The monoisotopic (exact) mass is 539 g/mol. The molecule has 1 aliphatic rings. The van der Waals surface area contributed by atoms with Gasteiger partial charge in [-0.15, -0.1) is 0 Å². The molecule has 7 rings (SSSR count). The Hall–Kier alpha value is -3.86. The Kier molecular flexibility index (Phi) is 4.36. The van der Waals surface area contributed by atoms with Crippen LogP contribution in [0.25, 0.3) is 0 Å². The van der Waals surface area contributed by atoms with Crippen molar-refractivity contribution in [2.75, 3.05) is 0 Å². The average molecular weight is 539 g/mol. The van der Waals surface area contributed by atoms with Gasteiger partial charge in [-0.05, 0) is 0 Å². The first-order valence-corrected chi connectivity index (χ1v) is 16.0. The van der Waals surface area contributed by atoms with Crippen molar-refractivity contribution in [3.05, 3.63) is 74.4 Å². The second-order valence-corrected chi connectivity index (χ2v) is 17.5. The number of nitrogens with zero attached hydrogens (tertiary/aromatic N) is 7. The van der Waals surface area contributed by atoms with Gasteiger partial charge in [-0.2, -0.15) is 0 Å². The first-order valence-electron chi connectivity index (χ1n) is 10.8. The number of aromatic amines is 6. The molecule has 0 saturated carbocycles. The number of nitrogens with one attached hydrogen (secondary N) is 8. The van der Waals surface area contributed by atoms with Gasteiger partial charge >= 0.3 is 204 Å². The number of aromatic nitrogens is 12. The molecule has 0 amide bonds. The van der Waals surface area contributed by atoms with Gasteiger partial charge < -0.3 is 0 Å². The summed E-state index contributed by atoms with van der Waals surface area (Å²) in [4.78, 5) is 56.3. The third kappa shape index (κ3) is 2.36. The van der Waals surface area contributed by atoms with Crippen LogP contribution in [0.4, 0.5) is 0 Å². The van der Waals surface area contributed by atoms with Gasteiger partial charge in [0.1, 0.15) is 0 Å². The van der Waals surface area contributed by atoms with Gasteiger partial charge in [-0.3, -0.25) is 0 Å². The molecule has 36 heavy (non-hydrogen) atoms. The molecule has 182 valence electrons. The van der Waals surface area contributed by atoms with E-state index in [0.29, 0.717) is 41.9 Å². The van der Waals surface area contributed by atoms with Crippen LogP contribution in [0, 0.1) is 0 Å². The van der Waals surface area contributed by atoms with Crippen molar-refractivity contribution in [3.63, 3.8) is 0 Å². The quantitative estimate of drug-likeness (QED) is 0.126. The standard InChI is InChI=1S/C18H20N15P3/c1-2-20-13(19-1)35(14-21-3-4-22-14,15-23-5-6-24-15)31-34-32-36(33-35,16-25-7-8-26-16,17-27-9-10-28-17)18-29-11-12-30-18/h1-12,33H,(H,19,20)(H,21,22)(H,23,24)(H,25,26)(H,27,28)(H,29,30)(H,31,32). The van der Waals surface area contributed by atoms with E-state index in [1.807, 2.05) is 0 Å². The van der Waals surface area contributed by atoms with Crippen LogP contribution >= 0.6 is 22.3 Å². The van der Waals surface area contributed by atoms with E-state index in [1.165, 1.54) is 0 Å². The first kappa shape index (κ1) is 21.4. The van der Waals surface area contributed by atoms with E-state index in [1.54, 1.807) is 74.4 Å². The van der Waals surface area contributed by atoms with E-state index >= 15 is 0 Å². The number of rotatable bonds is 6. The molecule has 0 unspecified atom stereocenters. The maximum absolute atomic E-state index is 5.30. The van der Waals surface area contributed by atoms with E-state index in [2.05, 4.69) is 39.6 Å². The Balaban J connectivity index is 1.72. The Bertz CT molecular complexity index is 1430. The zero-order valence-corrected chi connectivity index (χ0v) is 21.1. The summed E-state index contributed by atoms with van der Waals surface area (Å²) in [5, 5.41) is 0. The summed E-state index contributed by atoms with van der Waals surface area (Å²) in [5.74, 6) is 0. The predicted molar refractivity (Wildman–Crippen MR) is 139 cm³/mol. The summed E-state index contributed by atoms with van der Waals surface area (Å²) in [6, 6.07) is 0.